The van der Waals surface area contributed by atoms with Gasteiger partial charge in [0.25, 0.3) is 5.39 Å². The average Bonchev–Trinajstić information content (AvgIpc) is 2.60. The van der Waals surface area contributed by atoms with Crippen molar-refractivity contribution in [3.05, 3.63) is 23.4 Å². The topological polar surface area (TPSA) is 44.0 Å². The van der Waals surface area contributed by atoms with Gasteiger partial charge in [-0.1, -0.05) is 0 Å². The summed E-state index contributed by atoms with van der Waals surface area (Å²) in [6.07, 6.45) is 1.66. The van der Waals surface area contributed by atoms with Gasteiger partial charge in [0.2, 0.25) is 5.82 Å². The van der Waals surface area contributed by atoms with Crippen LogP contribution in [0.5, 0.6) is 0 Å². The highest BCUT2D eigenvalue weighted by atomic mass is 15.6. The van der Waals surface area contributed by atoms with E-state index in [0.29, 0.717) is 0 Å². The molecular formula is C5H3N4+. The van der Waals surface area contributed by atoms with Gasteiger partial charge in [0.05, 0.1) is 5.01 Å². The fourth-order valence-electron chi connectivity index (χ4n) is 0.764. The second-order valence-corrected chi connectivity index (χ2v) is 1.75. The second kappa shape index (κ2) is 1.20. The normalized spacial score (nSPS) is 12.1. The lowest BCUT2D eigenvalue weighted by Gasteiger charge is -1.62. The van der Waals surface area contributed by atoms with Crippen LogP contribution in [0.3, 0.4) is 0 Å². The number of hydrogen-bond donors (Lipinski definition) is 0. The Morgan fingerprint density at radius 2 is 2.56 bits per heavy atom. The molecule has 9 heavy (non-hydrogen) atoms. The molecule has 0 aromatic carbocycles. The van der Waals surface area contributed by atoms with E-state index in [2.05, 4.69) is 10.1 Å². The minimum Gasteiger partial charge on any atom is -0.231 e. The molecule has 2 heterocycles. The molecule has 0 saturated heterocycles. The van der Waals surface area contributed by atoms with Gasteiger partial charge in [0, 0.05) is 6.20 Å². The van der Waals surface area contributed by atoms with Crippen molar-refractivity contribution in [2.75, 3.05) is 5.01 Å². The Labute approximate surface area is 51.3 Å². The SMILES string of the molecule is N#[N+]N1c2cccnc21. The van der Waals surface area contributed by atoms with Crippen LogP contribution in [-0.2, 0) is 0 Å². The third kappa shape index (κ3) is 0.403. The van der Waals surface area contributed by atoms with E-state index in [1.165, 1.54) is 5.01 Å². The Balaban J connectivity index is 2.49. The summed E-state index contributed by atoms with van der Waals surface area (Å²) in [4.78, 5) is 3.90. The maximum Gasteiger partial charge on any atom is 0.317 e. The van der Waals surface area contributed by atoms with Crippen LogP contribution in [0, 0.1) is 5.39 Å². The fraction of sp³-hybridized carbons (Fsp3) is 0. The number of nitrogens with zero attached hydrogens (tertiary/aromatic N) is 4. The molecule has 42 valence electrons. The molecule has 4 nitrogen and oxygen atoms in total. The summed E-state index contributed by atoms with van der Waals surface area (Å²) in [5.74, 6) is 0.736. The van der Waals surface area contributed by atoms with Crippen LogP contribution in [0.4, 0.5) is 11.5 Å². The minimum absolute atomic E-state index is 0.736. The Kier molecular flexibility index (Phi) is 0.569. The van der Waals surface area contributed by atoms with E-state index >= 15 is 0 Å². The zero-order valence-corrected chi connectivity index (χ0v) is 4.52. The van der Waals surface area contributed by atoms with E-state index in [-0.39, 0.29) is 0 Å². The van der Waals surface area contributed by atoms with Crippen molar-refractivity contribution in [2.45, 2.75) is 0 Å². The number of rotatable bonds is 0. The Morgan fingerprint density at radius 3 is 3.11 bits per heavy atom. The molecule has 2 rings (SSSR count). The molecule has 0 atom stereocenters. The van der Waals surface area contributed by atoms with E-state index in [4.69, 9.17) is 5.39 Å². The monoisotopic (exact) mass is 119 g/mol. The molecule has 1 aliphatic heterocycles. The van der Waals surface area contributed by atoms with Crippen molar-refractivity contribution in [1.82, 2.24) is 4.98 Å². The van der Waals surface area contributed by atoms with Gasteiger partial charge in [0.15, 0.2) is 5.69 Å². The summed E-state index contributed by atoms with van der Waals surface area (Å²) in [5.41, 5.74) is 0.875. The standard InChI is InChI=1S/C5H3N4/c6-8-9-4-2-1-3-7-5(4)9/h1-3H/q+1. The second-order valence-electron chi connectivity index (χ2n) is 1.75. The first-order valence-electron chi connectivity index (χ1n) is 2.53. The Bertz CT molecular complexity index is 264. The quantitative estimate of drug-likeness (QED) is 0.382. The molecule has 0 bridgehead atoms. The summed E-state index contributed by atoms with van der Waals surface area (Å²) in [7, 11) is 0. The highest BCUT2D eigenvalue weighted by molar-refractivity contribution is 5.89. The van der Waals surface area contributed by atoms with Crippen LogP contribution in [0.1, 0.15) is 0 Å². The number of hydrogen-bond acceptors (Lipinski definition) is 3. The number of diazo groups is 1. The zero-order chi connectivity index (χ0) is 6.27. The van der Waals surface area contributed by atoms with Gasteiger partial charge >= 0.3 is 5.08 Å². The lowest BCUT2D eigenvalue weighted by Crippen LogP contribution is -1.77. The smallest absolute Gasteiger partial charge is 0.231 e. The van der Waals surface area contributed by atoms with E-state index in [9.17, 15) is 0 Å². The number of aromatic nitrogens is 1. The molecule has 0 radical (unpaired) electrons. The summed E-state index contributed by atoms with van der Waals surface area (Å²) >= 11 is 0. The summed E-state index contributed by atoms with van der Waals surface area (Å²) < 4.78 is 0. The van der Waals surface area contributed by atoms with Crippen molar-refractivity contribution >= 4 is 11.5 Å². The molecule has 0 spiro atoms. The van der Waals surface area contributed by atoms with Crippen LogP contribution >= 0.6 is 0 Å². The van der Waals surface area contributed by atoms with Gasteiger partial charge in [-0.25, -0.2) is 4.98 Å². The number of fused-ring (bicyclic) bond motifs is 1. The van der Waals surface area contributed by atoms with Crippen molar-refractivity contribution in [3.63, 3.8) is 0 Å². The maximum absolute atomic E-state index is 8.24. The van der Waals surface area contributed by atoms with Gasteiger partial charge in [-0.05, 0) is 12.1 Å². The number of anilines is 2. The van der Waals surface area contributed by atoms with Crippen LogP contribution in [0.15, 0.2) is 18.3 Å². The molecule has 0 N–H and O–H groups in total. The molecule has 0 unspecified atom stereocenters. The number of pyridine rings is 1. The summed E-state index contributed by atoms with van der Waals surface area (Å²) in [5, 5.41) is 12.5. The largest absolute Gasteiger partial charge is 0.317 e. The Morgan fingerprint density at radius 1 is 1.67 bits per heavy atom. The third-order valence-electron chi connectivity index (χ3n) is 1.23. The highest BCUT2D eigenvalue weighted by Crippen LogP contribution is 2.44. The minimum atomic E-state index is 0.736. The molecule has 1 aromatic heterocycles. The predicted molar refractivity (Wildman–Crippen MR) is 31.5 cm³/mol. The molecule has 1 aromatic rings. The lowest BCUT2D eigenvalue weighted by molar-refractivity contribution is 1.29. The zero-order valence-electron chi connectivity index (χ0n) is 4.52. The van der Waals surface area contributed by atoms with E-state index in [0.717, 1.165) is 11.5 Å². The van der Waals surface area contributed by atoms with E-state index in [1.54, 1.807) is 12.3 Å². The predicted octanol–water partition coefficient (Wildman–Crippen LogP) is 1.30. The first kappa shape index (κ1) is 4.27. The average molecular weight is 119 g/mol. The van der Waals surface area contributed by atoms with Gasteiger partial charge in [0.1, 0.15) is 0 Å². The summed E-state index contributed by atoms with van der Waals surface area (Å²) in [6.45, 7) is 0. The molecule has 1 aliphatic rings. The van der Waals surface area contributed by atoms with Crippen LogP contribution in [0.2, 0.25) is 0 Å². The lowest BCUT2D eigenvalue weighted by atomic mass is 10.5. The van der Waals surface area contributed by atoms with Crippen molar-refractivity contribution in [2.24, 2.45) is 0 Å². The third-order valence-corrected chi connectivity index (χ3v) is 1.23. The highest BCUT2D eigenvalue weighted by Gasteiger charge is 2.42. The van der Waals surface area contributed by atoms with Crippen molar-refractivity contribution < 1.29 is 0 Å². The molecule has 4 heteroatoms. The van der Waals surface area contributed by atoms with Crippen LogP contribution in [-0.4, -0.2) is 4.98 Å². The van der Waals surface area contributed by atoms with Crippen molar-refractivity contribution in [3.8, 4) is 0 Å². The van der Waals surface area contributed by atoms with Crippen LogP contribution in [0.25, 0.3) is 5.08 Å². The molecule has 0 fully saturated rings. The van der Waals surface area contributed by atoms with Crippen molar-refractivity contribution in [1.29, 1.82) is 5.39 Å². The maximum atomic E-state index is 8.24. The van der Waals surface area contributed by atoms with E-state index < -0.39 is 0 Å². The van der Waals surface area contributed by atoms with Gasteiger partial charge in [-0.3, -0.25) is 0 Å². The Hall–Kier alpha value is -1.63. The molecule has 0 saturated carbocycles. The van der Waals surface area contributed by atoms with Crippen LogP contribution < -0.4 is 5.01 Å². The first-order chi connectivity index (χ1) is 4.43. The first-order valence-corrected chi connectivity index (χ1v) is 2.53. The van der Waals surface area contributed by atoms with Gasteiger partial charge < -0.3 is 0 Å². The molecule has 0 aliphatic carbocycles. The molecular weight excluding hydrogens is 116 g/mol. The van der Waals surface area contributed by atoms with Gasteiger partial charge in [-0.15, -0.1) is 0 Å². The van der Waals surface area contributed by atoms with Gasteiger partial charge in [-0.2, -0.15) is 0 Å². The summed E-state index contributed by atoms with van der Waals surface area (Å²) in [6, 6.07) is 3.63. The van der Waals surface area contributed by atoms with E-state index in [1.807, 2.05) is 6.07 Å². The fourth-order valence-corrected chi connectivity index (χ4v) is 0.764. The molecule has 0 amide bonds.